The molecular weight excluding hydrogens is 488 g/mol. The lowest BCUT2D eigenvalue weighted by Crippen LogP contribution is -2.51. The summed E-state index contributed by atoms with van der Waals surface area (Å²) in [5.74, 6) is 1.50. The van der Waals surface area contributed by atoms with Crippen LogP contribution in [-0.4, -0.2) is 78.2 Å². The number of ether oxygens (including phenoxy) is 2. The second-order valence-electron chi connectivity index (χ2n) is 9.67. The van der Waals surface area contributed by atoms with Crippen molar-refractivity contribution in [2.45, 2.75) is 60.9 Å². The van der Waals surface area contributed by atoms with Crippen molar-refractivity contribution in [3.05, 3.63) is 29.2 Å². The quantitative estimate of drug-likeness (QED) is 0.565. The first-order chi connectivity index (χ1) is 17.0. The molecule has 3 atom stereocenters. The van der Waals surface area contributed by atoms with Crippen LogP contribution in [0.3, 0.4) is 0 Å². The maximum atomic E-state index is 10.1. The van der Waals surface area contributed by atoms with E-state index >= 15 is 0 Å². The van der Waals surface area contributed by atoms with Gasteiger partial charge in [-0.3, -0.25) is 0 Å². The van der Waals surface area contributed by atoms with Crippen molar-refractivity contribution in [2.75, 3.05) is 49.8 Å². The van der Waals surface area contributed by atoms with Crippen LogP contribution in [0.4, 0.5) is 11.6 Å². The molecule has 11 heteroatoms. The van der Waals surface area contributed by atoms with Crippen LogP contribution in [0, 0.1) is 5.41 Å². The van der Waals surface area contributed by atoms with Gasteiger partial charge in [-0.1, -0.05) is 23.4 Å². The molecule has 1 spiro atoms. The highest BCUT2D eigenvalue weighted by atomic mass is 35.5. The molecule has 0 radical (unpaired) electrons. The lowest BCUT2D eigenvalue weighted by atomic mass is 9.73. The van der Waals surface area contributed by atoms with E-state index in [4.69, 9.17) is 36.8 Å². The summed E-state index contributed by atoms with van der Waals surface area (Å²) in [6.07, 6.45) is 6.56. The van der Waals surface area contributed by atoms with Crippen molar-refractivity contribution < 1.29 is 14.6 Å². The maximum Gasteiger partial charge on any atom is 0.152 e. The Labute approximate surface area is 215 Å². The highest BCUT2D eigenvalue weighted by Gasteiger charge is 2.47. The molecule has 2 aromatic heterocycles. The van der Waals surface area contributed by atoms with E-state index in [-0.39, 0.29) is 24.2 Å². The summed E-state index contributed by atoms with van der Waals surface area (Å²) in [6, 6.07) is 2.23. The number of hydrogen-bond donors (Lipinski definition) is 2. The van der Waals surface area contributed by atoms with Gasteiger partial charge in [-0.25, -0.2) is 15.0 Å². The number of nitrogens with zero attached hydrogens (tertiary/aromatic N) is 5. The zero-order valence-corrected chi connectivity index (χ0v) is 21.8. The molecular formula is C24H33ClN6O3S. The lowest BCUT2D eigenvalue weighted by Gasteiger charge is -2.42. The Hall–Kier alpha value is -1.69. The van der Waals surface area contributed by atoms with E-state index in [0.717, 1.165) is 62.0 Å². The van der Waals surface area contributed by atoms with Gasteiger partial charge in [0.05, 0.1) is 43.2 Å². The van der Waals surface area contributed by atoms with Gasteiger partial charge in [-0.05, 0) is 32.3 Å². The molecule has 0 bridgehead atoms. The predicted molar refractivity (Wildman–Crippen MR) is 136 cm³/mol. The second-order valence-corrected chi connectivity index (χ2v) is 11.1. The van der Waals surface area contributed by atoms with Crippen LogP contribution in [0.1, 0.15) is 31.9 Å². The number of nitrogens with two attached hydrogens (primary N) is 1. The SMILES string of the molecule is COCC1CCN1c1nccc(Sc2cnc(N3CCC4(CC3)CO[C@@H](C)[C@H]4N)c(CO)n2)c1Cl. The molecule has 3 N–H and O–H groups in total. The second kappa shape index (κ2) is 10.4. The summed E-state index contributed by atoms with van der Waals surface area (Å²) in [5.41, 5.74) is 7.06. The van der Waals surface area contributed by atoms with E-state index in [0.29, 0.717) is 28.4 Å². The van der Waals surface area contributed by atoms with Crippen LogP contribution in [-0.2, 0) is 16.1 Å². The van der Waals surface area contributed by atoms with E-state index in [2.05, 4.69) is 21.7 Å². The Morgan fingerprint density at radius 1 is 1.29 bits per heavy atom. The first kappa shape index (κ1) is 25.0. The van der Waals surface area contributed by atoms with Gasteiger partial charge < -0.3 is 30.1 Å². The van der Waals surface area contributed by atoms with E-state index in [1.165, 1.54) is 11.8 Å². The van der Waals surface area contributed by atoms with Crippen molar-refractivity contribution in [2.24, 2.45) is 11.1 Å². The fourth-order valence-electron chi connectivity index (χ4n) is 5.35. The minimum Gasteiger partial charge on any atom is -0.390 e. The summed E-state index contributed by atoms with van der Waals surface area (Å²) < 4.78 is 11.2. The Kier molecular flexibility index (Phi) is 7.39. The van der Waals surface area contributed by atoms with Crippen LogP contribution >= 0.6 is 23.4 Å². The molecule has 190 valence electrons. The topological polar surface area (TPSA) is 110 Å². The zero-order valence-electron chi connectivity index (χ0n) is 20.2. The normalized spacial score (nSPS) is 25.8. The van der Waals surface area contributed by atoms with Crippen molar-refractivity contribution in [3.8, 4) is 0 Å². The van der Waals surface area contributed by atoms with Crippen LogP contribution < -0.4 is 15.5 Å². The van der Waals surface area contributed by atoms with E-state index in [9.17, 15) is 5.11 Å². The van der Waals surface area contributed by atoms with Crippen molar-refractivity contribution in [1.82, 2.24) is 15.0 Å². The molecule has 0 amide bonds. The van der Waals surface area contributed by atoms with Crippen molar-refractivity contribution in [3.63, 3.8) is 0 Å². The molecule has 0 aliphatic carbocycles. The number of rotatable bonds is 7. The third-order valence-electron chi connectivity index (χ3n) is 7.68. The molecule has 35 heavy (non-hydrogen) atoms. The Morgan fingerprint density at radius 2 is 2.09 bits per heavy atom. The molecule has 3 aliphatic heterocycles. The number of methoxy groups -OCH3 is 1. The number of aliphatic hydroxyl groups excluding tert-OH is 1. The standard InChI is InChI=1S/C24H33ClN6O3S/c1-15-21(26)24(14-34-15)5-9-30(10-6-24)22-17(12-32)29-19(11-28-22)35-18-3-7-27-23(20(18)25)31-8-4-16(31)13-33-2/h3,7,11,15-16,21,32H,4-6,8-10,12-14,26H2,1-2H3/t15-,16?,21+/m0/s1. The number of halogens is 1. The van der Waals surface area contributed by atoms with Gasteiger partial charge in [0.2, 0.25) is 0 Å². The number of aromatic nitrogens is 3. The summed E-state index contributed by atoms with van der Waals surface area (Å²) in [7, 11) is 1.71. The van der Waals surface area contributed by atoms with Gasteiger partial charge in [0, 0.05) is 49.3 Å². The van der Waals surface area contributed by atoms with E-state index in [1.807, 2.05) is 6.07 Å². The van der Waals surface area contributed by atoms with Crippen LogP contribution in [0.15, 0.2) is 28.4 Å². The van der Waals surface area contributed by atoms with Gasteiger partial charge in [-0.2, -0.15) is 0 Å². The molecule has 5 rings (SSSR count). The number of piperidine rings is 1. The number of hydrogen-bond acceptors (Lipinski definition) is 10. The van der Waals surface area contributed by atoms with Gasteiger partial charge >= 0.3 is 0 Å². The predicted octanol–water partition coefficient (Wildman–Crippen LogP) is 2.73. The largest absolute Gasteiger partial charge is 0.390 e. The smallest absolute Gasteiger partial charge is 0.152 e. The fraction of sp³-hybridized carbons (Fsp3) is 0.625. The molecule has 5 heterocycles. The third kappa shape index (κ3) is 4.72. The van der Waals surface area contributed by atoms with Gasteiger partial charge in [0.25, 0.3) is 0 Å². The minimum atomic E-state index is -0.181. The number of aliphatic hydroxyl groups is 1. The monoisotopic (exact) mass is 520 g/mol. The summed E-state index contributed by atoms with van der Waals surface area (Å²) >= 11 is 8.18. The first-order valence-corrected chi connectivity index (χ1v) is 13.3. The third-order valence-corrected chi connectivity index (χ3v) is 9.13. The average Bonchev–Trinajstić information content (AvgIpc) is 3.13. The lowest BCUT2D eigenvalue weighted by molar-refractivity contribution is 0.0973. The van der Waals surface area contributed by atoms with Crippen molar-refractivity contribution in [1.29, 1.82) is 0 Å². The molecule has 0 aromatic carbocycles. The molecule has 0 saturated carbocycles. The van der Waals surface area contributed by atoms with Gasteiger partial charge in [0.15, 0.2) is 5.82 Å². The van der Waals surface area contributed by atoms with Crippen LogP contribution in [0.25, 0.3) is 0 Å². The zero-order chi connectivity index (χ0) is 24.6. The highest BCUT2D eigenvalue weighted by Crippen LogP contribution is 2.43. The summed E-state index contributed by atoms with van der Waals surface area (Å²) in [6.45, 7) is 5.78. The molecule has 9 nitrogen and oxygen atoms in total. The Morgan fingerprint density at radius 3 is 2.71 bits per heavy atom. The summed E-state index contributed by atoms with van der Waals surface area (Å²) in [4.78, 5) is 19.2. The first-order valence-electron chi connectivity index (χ1n) is 12.1. The summed E-state index contributed by atoms with van der Waals surface area (Å²) in [5, 5.41) is 11.4. The molecule has 3 fully saturated rings. The highest BCUT2D eigenvalue weighted by molar-refractivity contribution is 7.99. The minimum absolute atomic E-state index is 0.0348. The van der Waals surface area contributed by atoms with Crippen molar-refractivity contribution >= 4 is 35.0 Å². The Balaban J connectivity index is 1.30. The Bertz CT molecular complexity index is 1050. The molecule has 3 aliphatic rings. The maximum absolute atomic E-state index is 10.1. The molecule has 2 aromatic rings. The number of anilines is 2. The average molecular weight is 521 g/mol. The van der Waals surface area contributed by atoms with Crippen LogP contribution in [0.5, 0.6) is 0 Å². The number of pyridine rings is 1. The van der Waals surface area contributed by atoms with Gasteiger partial charge in [-0.15, -0.1) is 0 Å². The fourth-order valence-corrected chi connectivity index (χ4v) is 6.48. The molecule has 1 unspecified atom stereocenters. The van der Waals surface area contributed by atoms with E-state index in [1.54, 1.807) is 19.5 Å². The molecule has 3 saturated heterocycles. The van der Waals surface area contributed by atoms with Gasteiger partial charge in [0.1, 0.15) is 16.5 Å². The van der Waals surface area contributed by atoms with E-state index < -0.39 is 0 Å². The van der Waals surface area contributed by atoms with Crippen LogP contribution in [0.2, 0.25) is 5.02 Å².